The fraction of sp³-hybridized carbons (Fsp3) is 0.583. The molecule has 0 unspecified atom stereocenters. The number of fused-ring (bicyclic) bond motifs is 1. The van der Waals surface area contributed by atoms with E-state index in [2.05, 4.69) is 9.97 Å². The lowest BCUT2D eigenvalue weighted by atomic mass is 10.1. The molecule has 0 aromatic carbocycles. The number of hydrogen-bond acceptors (Lipinski definition) is 4. The van der Waals surface area contributed by atoms with E-state index in [-0.39, 0.29) is 11.4 Å². The molecule has 0 spiro atoms. The second-order valence-electron chi connectivity index (χ2n) is 5.36. The van der Waals surface area contributed by atoms with Crippen molar-refractivity contribution in [2.45, 2.75) is 39.3 Å². The first-order chi connectivity index (χ1) is 8.76. The van der Waals surface area contributed by atoms with Crippen LogP contribution in [0.1, 0.15) is 32.0 Å². The van der Waals surface area contributed by atoms with E-state index in [1.807, 2.05) is 20.8 Å². The van der Waals surface area contributed by atoms with Crippen LogP contribution >= 0.6 is 23.2 Å². The summed E-state index contributed by atoms with van der Waals surface area (Å²) >= 11 is 11.8. The molecule has 1 amide bonds. The van der Waals surface area contributed by atoms with Gasteiger partial charge in [0.2, 0.25) is 5.28 Å². The van der Waals surface area contributed by atoms with Crippen molar-refractivity contribution in [2.24, 2.45) is 0 Å². The number of carbonyl (C=O) groups excluding carboxylic acids is 1. The van der Waals surface area contributed by atoms with Gasteiger partial charge in [-0.25, -0.2) is 14.8 Å². The summed E-state index contributed by atoms with van der Waals surface area (Å²) in [5.41, 5.74) is 1.02. The standard InChI is InChI=1S/C12H15Cl2N3O2/c1-12(2,3)19-11(18)17-5-4-7-8(6-17)15-10(14)16-9(7)13/h4-6H2,1-3H3. The molecule has 0 atom stereocenters. The minimum atomic E-state index is -0.516. The topological polar surface area (TPSA) is 55.3 Å². The van der Waals surface area contributed by atoms with Gasteiger partial charge in [-0.05, 0) is 38.8 Å². The van der Waals surface area contributed by atoms with Crippen molar-refractivity contribution < 1.29 is 9.53 Å². The lowest BCUT2D eigenvalue weighted by Crippen LogP contribution is -2.40. The van der Waals surface area contributed by atoms with Crippen molar-refractivity contribution in [2.75, 3.05) is 6.54 Å². The van der Waals surface area contributed by atoms with Crippen LogP contribution in [0.2, 0.25) is 10.4 Å². The van der Waals surface area contributed by atoms with Gasteiger partial charge < -0.3 is 9.64 Å². The van der Waals surface area contributed by atoms with Gasteiger partial charge in [-0.15, -0.1) is 0 Å². The van der Waals surface area contributed by atoms with Crippen LogP contribution in [-0.2, 0) is 17.7 Å². The summed E-state index contributed by atoms with van der Waals surface area (Å²) in [6, 6.07) is 0. The maximum Gasteiger partial charge on any atom is 0.410 e. The van der Waals surface area contributed by atoms with Crippen molar-refractivity contribution in [3.8, 4) is 0 Å². The van der Waals surface area contributed by atoms with Gasteiger partial charge in [0.1, 0.15) is 10.8 Å². The zero-order valence-corrected chi connectivity index (χ0v) is 12.5. The van der Waals surface area contributed by atoms with Gasteiger partial charge in [-0.3, -0.25) is 0 Å². The number of halogens is 2. The molecule has 1 aromatic rings. The molecule has 0 saturated heterocycles. The molecule has 19 heavy (non-hydrogen) atoms. The Kier molecular flexibility index (Phi) is 3.87. The van der Waals surface area contributed by atoms with E-state index in [4.69, 9.17) is 27.9 Å². The lowest BCUT2D eigenvalue weighted by molar-refractivity contribution is 0.0220. The molecule has 104 valence electrons. The Bertz CT molecular complexity index is 514. The Hall–Kier alpha value is -1.07. The molecule has 0 radical (unpaired) electrons. The van der Waals surface area contributed by atoms with Gasteiger partial charge in [-0.1, -0.05) is 11.6 Å². The van der Waals surface area contributed by atoms with Gasteiger partial charge in [0.05, 0.1) is 12.2 Å². The smallest absolute Gasteiger partial charge is 0.410 e. The van der Waals surface area contributed by atoms with Gasteiger partial charge >= 0.3 is 6.09 Å². The molecular weight excluding hydrogens is 289 g/mol. The summed E-state index contributed by atoms with van der Waals surface area (Å²) in [6.07, 6.45) is 0.244. The first-order valence-corrected chi connectivity index (χ1v) is 6.70. The zero-order valence-electron chi connectivity index (χ0n) is 11.0. The van der Waals surface area contributed by atoms with Crippen molar-refractivity contribution in [3.05, 3.63) is 21.7 Å². The number of hydrogen-bond donors (Lipinski definition) is 0. The average Bonchev–Trinajstić information content (AvgIpc) is 2.25. The largest absolute Gasteiger partial charge is 0.444 e. The highest BCUT2D eigenvalue weighted by Gasteiger charge is 2.28. The third-order valence-corrected chi connectivity index (χ3v) is 3.12. The molecular formula is C12H15Cl2N3O2. The maximum absolute atomic E-state index is 12.0. The molecule has 2 rings (SSSR count). The Labute approximate surface area is 121 Å². The van der Waals surface area contributed by atoms with E-state index in [0.29, 0.717) is 30.4 Å². The molecule has 0 aliphatic carbocycles. The highest BCUT2D eigenvalue weighted by molar-refractivity contribution is 6.32. The SMILES string of the molecule is CC(C)(C)OC(=O)N1CCc2c(Cl)nc(Cl)nc2C1. The van der Waals surface area contributed by atoms with Crippen LogP contribution in [0.4, 0.5) is 4.79 Å². The summed E-state index contributed by atoms with van der Waals surface area (Å²) in [4.78, 5) is 21.6. The predicted octanol–water partition coefficient (Wildman–Crippen LogP) is 3.08. The second-order valence-corrected chi connectivity index (χ2v) is 6.06. The van der Waals surface area contributed by atoms with Crippen LogP contribution in [0.5, 0.6) is 0 Å². The Balaban J connectivity index is 2.16. The third kappa shape index (κ3) is 3.48. The Morgan fingerprint density at radius 3 is 2.63 bits per heavy atom. The third-order valence-electron chi connectivity index (χ3n) is 2.64. The first-order valence-electron chi connectivity index (χ1n) is 5.95. The summed E-state index contributed by atoms with van der Waals surface area (Å²) in [5.74, 6) is 0. The van der Waals surface area contributed by atoms with Crippen molar-refractivity contribution in [1.82, 2.24) is 14.9 Å². The van der Waals surface area contributed by atoms with Crippen molar-refractivity contribution in [1.29, 1.82) is 0 Å². The average molecular weight is 304 g/mol. The van der Waals surface area contributed by atoms with E-state index in [1.54, 1.807) is 4.90 Å². The number of carbonyl (C=O) groups is 1. The van der Waals surface area contributed by atoms with E-state index < -0.39 is 5.60 Å². The monoisotopic (exact) mass is 303 g/mol. The minimum Gasteiger partial charge on any atom is -0.444 e. The molecule has 7 heteroatoms. The van der Waals surface area contributed by atoms with E-state index in [1.165, 1.54) is 0 Å². The molecule has 5 nitrogen and oxygen atoms in total. The summed E-state index contributed by atoms with van der Waals surface area (Å²) in [5, 5.41) is 0.452. The molecule has 1 aliphatic heterocycles. The van der Waals surface area contributed by atoms with Gasteiger partial charge in [0.25, 0.3) is 0 Å². The quantitative estimate of drug-likeness (QED) is 0.546. The number of nitrogens with zero attached hydrogens (tertiary/aromatic N) is 3. The maximum atomic E-state index is 12.0. The highest BCUT2D eigenvalue weighted by atomic mass is 35.5. The molecule has 1 aromatic heterocycles. The normalized spacial score (nSPS) is 15.1. The summed E-state index contributed by atoms with van der Waals surface area (Å²) < 4.78 is 5.33. The first kappa shape index (κ1) is 14.3. The van der Waals surface area contributed by atoms with Gasteiger partial charge in [-0.2, -0.15) is 0 Å². The highest BCUT2D eigenvalue weighted by Crippen LogP contribution is 2.25. The number of aromatic nitrogens is 2. The molecule has 0 N–H and O–H groups in total. The number of ether oxygens (including phenoxy) is 1. The minimum absolute atomic E-state index is 0.0924. The fourth-order valence-electron chi connectivity index (χ4n) is 1.84. The van der Waals surface area contributed by atoms with Crippen LogP contribution in [0, 0.1) is 0 Å². The summed E-state index contributed by atoms with van der Waals surface area (Å²) in [7, 11) is 0. The van der Waals surface area contributed by atoms with E-state index in [9.17, 15) is 4.79 Å². The second kappa shape index (κ2) is 5.13. The number of amides is 1. The van der Waals surface area contributed by atoms with Crippen LogP contribution < -0.4 is 0 Å². The van der Waals surface area contributed by atoms with Gasteiger partial charge in [0.15, 0.2) is 0 Å². The van der Waals surface area contributed by atoms with Crippen LogP contribution in [0.15, 0.2) is 0 Å². The van der Waals surface area contributed by atoms with Crippen molar-refractivity contribution in [3.63, 3.8) is 0 Å². The van der Waals surface area contributed by atoms with Crippen LogP contribution in [0.25, 0.3) is 0 Å². The molecule has 1 aliphatic rings. The summed E-state index contributed by atoms with van der Waals surface area (Å²) in [6.45, 7) is 6.37. The Morgan fingerprint density at radius 1 is 1.32 bits per heavy atom. The van der Waals surface area contributed by atoms with E-state index in [0.717, 1.165) is 5.56 Å². The predicted molar refractivity (Wildman–Crippen MR) is 72.4 cm³/mol. The fourth-order valence-corrected chi connectivity index (χ4v) is 2.35. The lowest BCUT2D eigenvalue weighted by Gasteiger charge is -2.30. The van der Waals surface area contributed by atoms with Gasteiger partial charge in [0, 0.05) is 12.1 Å². The molecule has 0 bridgehead atoms. The molecule has 0 fully saturated rings. The van der Waals surface area contributed by atoms with Crippen LogP contribution in [0.3, 0.4) is 0 Å². The Morgan fingerprint density at radius 2 is 2.00 bits per heavy atom. The number of rotatable bonds is 0. The van der Waals surface area contributed by atoms with Crippen molar-refractivity contribution >= 4 is 29.3 Å². The molecule has 0 saturated carbocycles. The molecule has 2 heterocycles. The van der Waals surface area contributed by atoms with E-state index >= 15 is 0 Å². The zero-order chi connectivity index (χ0) is 14.2. The van der Waals surface area contributed by atoms with Crippen LogP contribution in [-0.4, -0.2) is 33.1 Å².